The molecule has 0 aliphatic rings. The molecule has 21 heavy (non-hydrogen) atoms. The fourth-order valence-electron chi connectivity index (χ4n) is 2.53. The van der Waals surface area contributed by atoms with Gasteiger partial charge in [-0.05, 0) is 13.3 Å². The number of rotatable bonds is 15. The van der Waals surface area contributed by atoms with E-state index in [4.69, 9.17) is 4.55 Å². The Kier molecular flexibility index (Phi) is 13.4. The molecule has 4 nitrogen and oxygen atoms in total. The van der Waals surface area contributed by atoms with Gasteiger partial charge < -0.3 is 0 Å². The fraction of sp³-hybridized carbons (Fsp3) is 1.00. The van der Waals surface area contributed by atoms with Gasteiger partial charge in [0.05, 0.1) is 6.10 Å². The smallest absolute Gasteiger partial charge is 0.264 e. The van der Waals surface area contributed by atoms with Crippen LogP contribution in [-0.4, -0.2) is 19.1 Å². The van der Waals surface area contributed by atoms with Crippen LogP contribution in [0.15, 0.2) is 0 Å². The molecule has 0 fully saturated rings. The number of unbranched alkanes of at least 4 members (excludes halogenated alkanes) is 11. The van der Waals surface area contributed by atoms with Crippen molar-refractivity contribution in [1.82, 2.24) is 0 Å². The van der Waals surface area contributed by atoms with Crippen LogP contribution in [0.3, 0.4) is 0 Å². The second kappa shape index (κ2) is 13.5. The third-order valence-electron chi connectivity index (χ3n) is 3.75. The lowest BCUT2D eigenvalue weighted by molar-refractivity contribution is 0.185. The summed E-state index contributed by atoms with van der Waals surface area (Å²) < 4.78 is 34.0. The number of hydrogen-bond donors (Lipinski definition) is 1. The minimum atomic E-state index is -4.29. The highest BCUT2D eigenvalue weighted by molar-refractivity contribution is 7.80. The standard InChI is InChI=1S/C16H34O4S/c1-3-4-5-6-7-8-9-10-11-12-13-14-15-16(2)20-21(17,18)19/h16H,3-15H2,1-2H3,(H,17,18,19). The van der Waals surface area contributed by atoms with Gasteiger partial charge in [0.1, 0.15) is 0 Å². The topological polar surface area (TPSA) is 63.6 Å². The summed E-state index contributed by atoms with van der Waals surface area (Å²) in [6, 6.07) is 0. The first kappa shape index (κ1) is 20.9. The van der Waals surface area contributed by atoms with Gasteiger partial charge in [-0.1, -0.05) is 84.0 Å². The van der Waals surface area contributed by atoms with E-state index in [0.29, 0.717) is 6.42 Å². The molecule has 5 heteroatoms. The van der Waals surface area contributed by atoms with E-state index in [1.54, 1.807) is 6.92 Å². The first-order chi connectivity index (χ1) is 9.95. The van der Waals surface area contributed by atoms with Crippen molar-refractivity contribution in [2.45, 2.75) is 103 Å². The van der Waals surface area contributed by atoms with Gasteiger partial charge in [-0.2, -0.15) is 8.42 Å². The van der Waals surface area contributed by atoms with Crippen molar-refractivity contribution in [2.75, 3.05) is 0 Å². The molecule has 0 rings (SSSR count). The van der Waals surface area contributed by atoms with Gasteiger partial charge in [-0.25, -0.2) is 4.18 Å². The second-order valence-electron chi connectivity index (χ2n) is 6.01. The first-order valence-corrected chi connectivity index (χ1v) is 9.98. The average molecular weight is 323 g/mol. The van der Waals surface area contributed by atoms with Crippen LogP contribution in [0.25, 0.3) is 0 Å². The summed E-state index contributed by atoms with van der Waals surface area (Å²) in [5.74, 6) is 0. The van der Waals surface area contributed by atoms with Crippen molar-refractivity contribution in [2.24, 2.45) is 0 Å². The van der Waals surface area contributed by atoms with Crippen LogP contribution >= 0.6 is 0 Å². The van der Waals surface area contributed by atoms with Gasteiger partial charge in [0, 0.05) is 0 Å². The van der Waals surface area contributed by atoms with E-state index in [9.17, 15) is 8.42 Å². The third kappa shape index (κ3) is 17.8. The highest BCUT2D eigenvalue weighted by Crippen LogP contribution is 2.14. The second-order valence-corrected chi connectivity index (χ2v) is 7.06. The lowest BCUT2D eigenvalue weighted by Crippen LogP contribution is -2.14. The van der Waals surface area contributed by atoms with Crippen molar-refractivity contribution in [1.29, 1.82) is 0 Å². The Labute approximate surface area is 131 Å². The molecule has 1 N–H and O–H groups in total. The molecule has 0 radical (unpaired) electrons. The zero-order chi connectivity index (χ0) is 16.0. The van der Waals surface area contributed by atoms with Gasteiger partial charge in [-0.15, -0.1) is 0 Å². The summed E-state index contributed by atoms with van der Waals surface area (Å²) in [6.45, 7) is 3.92. The maximum Gasteiger partial charge on any atom is 0.397 e. The molecular weight excluding hydrogens is 288 g/mol. The Hall–Kier alpha value is -0.130. The first-order valence-electron chi connectivity index (χ1n) is 8.61. The Morgan fingerprint density at radius 3 is 1.57 bits per heavy atom. The quantitative estimate of drug-likeness (QED) is 0.329. The van der Waals surface area contributed by atoms with Crippen LogP contribution in [0.1, 0.15) is 97.3 Å². The van der Waals surface area contributed by atoms with E-state index in [2.05, 4.69) is 11.1 Å². The fourth-order valence-corrected chi connectivity index (χ4v) is 3.04. The zero-order valence-electron chi connectivity index (χ0n) is 13.8. The predicted molar refractivity (Wildman–Crippen MR) is 87.8 cm³/mol. The average Bonchev–Trinajstić information content (AvgIpc) is 2.38. The maximum absolute atomic E-state index is 10.5. The Bertz CT molecular complexity index is 314. The molecule has 0 aliphatic carbocycles. The summed E-state index contributed by atoms with van der Waals surface area (Å²) >= 11 is 0. The van der Waals surface area contributed by atoms with E-state index in [0.717, 1.165) is 12.8 Å². The predicted octanol–water partition coefficient (Wildman–Crippen LogP) is 5.29. The van der Waals surface area contributed by atoms with Crippen LogP contribution < -0.4 is 0 Å². The van der Waals surface area contributed by atoms with Gasteiger partial charge in [0.25, 0.3) is 0 Å². The van der Waals surface area contributed by atoms with Crippen LogP contribution in [0.2, 0.25) is 0 Å². The lowest BCUT2D eigenvalue weighted by Gasteiger charge is -2.09. The van der Waals surface area contributed by atoms with E-state index < -0.39 is 16.5 Å². The monoisotopic (exact) mass is 322 g/mol. The number of hydrogen-bond acceptors (Lipinski definition) is 3. The Balaban J connectivity index is 3.19. The molecule has 0 aromatic carbocycles. The molecule has 0 saturated carbocycles. The molecule has 0 spiro atoms. The maximum atomic E-state index is 10.5. The summed E-state index contributed by atoms with van der Waals surface area (Å²) in [5, 5.41) is 0. The van der Waals surface area contributed by atoms with Crippen LogP contribution in [-0.2, 0) is 14.6 Å². The summed E-state index contributed by atoms with van der Waals surface area (Å²) in [4.78, 5) is 0. The molecule has 0 bridgehead atoms. The van der Waals surface area contributed by atoms with Crippen LogP contribution in [0, 0.1) is 0 Å². The van der Waals surface area contributed by atoms with Crippen molar-refractivity contribution < 1.29 is 17.2 Å². The highest BCUT2D eigenvalue weighted by atomic mass is 32.3. The molecule has 1 atom stereocenters. The minimum Gasteiger partial charge on any atom is -0.264 e. The van der Waals surface area contributed by atoms with E-state index in [1.807, 2.05) is 0 Å². The summed E-state index contributed by atoms with van der Waals surface area (Å²) in [6.07, 6.45) is 15.6. The lowest BCUT2D eigenvalue weighted by atomic mass is 10.0. The highest BCUT2D eigenvalue weighted by Gasteiger charge is 2.11. The van der Waals surface area contributed by atoms with Crippen LogP contribution in [0.4, 0.5) is 0 Å². The van der Waals surface area contributed by atoms with Crippen molar-refractivity contribution in [3.63, 3.8) is 0 Å². The summed E-state index contributed by atoms with van der Waals surface area (Å²) in [7, 11) is -4.29. The normalized spacial score (nSPS) is 13.5. The van der Waals surface area contributed by atoms with Crippen molar-refractivity contribution in [3.8, 4) is 0 Å². The molecular formula is C16H34O4S. The molecule has 0 aromatic rings. The van der Waals surface area contributed by atoms with E-state index in [-0.39, 0.29) is 0 Å². The Morgan fingerprint density at radius 1 is 0.810 bits per heavy atom. The molecule has 0 aromatic heterocycles. The third-order valence-corrected chi connectivity index (χ3v) is 4.32. The van der Waals surface area contributed by atoms with Crippen LogP contribution in [0.5, 0.6) is 0 Å². The van der Waals surface area contributed by atoms with E-state index in [1.165, 1.54) is 64.2 Å². The molecule has 0 saturated heterocycles. The van der Waals surface area contributed by atoms with Gasteiger partial charge >= 0.3 is 10.4 Å². The molecule has 128 valence electrons. The van der Waals surface area contributed by atoms with Gasteiger partial charge in [-0.3, -0.25) is 4.55 Å². The molecule has 0 aliphatic heterocycles. The molecule has 1 unspecified atom stereocenters. The van der Waals surface area contributed by atoms with Gasteiger partial charge in [0.15, 0.2) is 0 Å². The Morgan fingerprint density at radius 2 is 1.19 bits per heavy atom. The van der Waals surface area contributed by atoms with Crippen molar-refractivity contribution >= 4 is 10.4 Å². The summed E-state index contributed by atoms with van der Waals surface area (Å²) in [5.41, 5.74) is 0. The molecule has 0 heterocycles. The van der Waals surface area contributed by atoms with E-state index >= 15 is 0 Å². The zero-order valence-corrected chi connectivity index (χ0v) is 14.7. The SMILES string of the molecule is CCCCCCCCCCCCCCC(C)OS(=O)(=O)O. The van der Waals surface area contributed by atoms with Gasteiger partial charge in [0.2, 0.25) is 0 Å². The molecule has 0 amide bonds. The minimum absolute atomic E-state index is 0.428. The largest absolute Gasteiger partial charge is 0.397 e. The van der Waals surface area contributed by atoms with Crippen molar-refractivity contribution in [3.05, 3.63) is 0 Å².